The molecule has 0 bridgehead atoms. The molecule has 3 N–H and O–H groups in total. The van der Waals surface area contributed by atoms with E-state index in [9.17, 15) is 5.11 Å². The van der Waals surface area contributed by atoms with E-state index >= 15 is 0 Å². The van der Waals surface area contributed by atoms with Gasteiger partial charge < -0.3 is 29.6 Å². The Morgan fingerprint density at radius 2 is 2.07 bits per heavy atom. The number of aryl methyl sites for hydroxylation is 1. The van der Waals surface area contributed by atoms with Crippen LogP contribution in [0.5, 0.6) is 5.75 Å². The monoisotopic (exact) mass is 517 g/mol. The third-order valence-electron chi connectivity index (χ3n) is 4.06. The highest BCUT2D eigenvalue weighted by Gasteiger charge is 2.11. The van der Waals surface area contributed by atoms with E-state index in [1.54, 1.807) is 25.5 Å². The molecule has 8 heteroatoms. The molecule has 0 fully saturated rings. The Hall–Kier alpha value is -1.78. The maximum absolute atomic E-state index is 10.2. The molecule has 1 unspecified atom stereocenters. The summed E-state index contributed by atoms with van der Waals surface area (Å²) in [6.45, 7) is 6.79. The number of aliphatic hydroxyl groups is 1. The van der Waals surface area contributed by atoms with E-state index < -0.39 is 6.10 Å². The molecular formula is C21H32IN3O4. The zero-order valence-electron chi connectivity index (χ0n) is 17.3. The largest absolute Gasteiger partial charge is 0.493 e. The van der Waals surface area contributed by atoms with Gasteiger partial charge in [0, 0.05) is 32.2 Å². The van der Waals surface area contributed by atoms with Crippen molar-refractivity contribution in [3.8, 4) is 5.75 Å². The molecule has 2 aromatic rings. The molecule has 0 saturated carbocycles. The van der Waals surface area contributed by atoms with Crippen LogP contribution in [0.2, 0.25) is 0 Å². The van der Waals surface area contributed by atoms with Crippen molar-refractivity contribution in [2.45, 2.75) is 32.9 Å². The van der Waals surface area contributed by atoms with Gasteiger partial charge in [0.2, 0.25) is 0 Å². The van der Waals surface area contributed by atoms with Crippen LogP contribution < -0.4 is 15.4 Å². The molecule has 7 nitrogen and oxygen atoms in total. The number of guanidine groups is 1. The van der Waals surface area contributed by atoms with Gasteiger partial charge in [-0.25, -0.2) is 4.99 Å². The lowest BCUT2D eigenvalue weighted by atomic mass is 10.1. The average Bonchev–Trinajstić information content (AvgIpc) is 3.23. The van der Waals surface area contributed by atoms with Crippen LogP contribution in [-0.2, 0) is 11.3 Å². The number of aliphatic imine (C=N–C) groups is 1. The van der Waals surface area contributed by atoms with E-state index in [4.69, 9.17) is 13.9 Å². The molecule has 0 aliphatic rings. The summed E-state index contributed by atoms with van der Waals surface area (Å²) >= 11 is 0. The molecule has 0 radical (unpaired) electrons. The van der Waals surface area contributed by atoms with Gasteiger partial charge in [-0.2, -0.15) is 0 Å². The number of nitrogens with zero attached hydrogens (tertiary/aromatic N) is 1. The lowest BCUT2D eigenvalue weighted by Crippen LogP contribution is -2.39. The van der Waals surface area contributed by atoms with Crippen molar-refractivity contribution in [1.82, 2.24) is 10.6 Å². The van der Waals surface area contributed by atoms with Gasteiger partial charge in [0.05, 0.1) is 26.0 Å². The van der Waals surface area contributed by atoms with Gasteiger partial charge in [0.1, 0.15) is 17.6 Å². The first kappa shape index (κ1) is 25.3. The predicted octanol–water partition coefficient (Wildman–Crippen LogP) is 3.41. The topological polar surface area (TPSA) is 88.3 Å². The Labute approximate surface area is 189 Å². The number of nitrogens with one attached hydrogen (secondary N) is 2. The molecule has 0 spiro atoms. The second-order valence-corrected chi connectivity index (χ2v) is 6.41. The van der Waals surface area contributed by atoms with Crippen LogP contribution in [0.4, 0.5) is 0 Å². The van der Waals surface area contributed by atoms with Gasteiger partial charge in [-0.3, -0.25) is 0 Å². The molecule has 1 atom stereocenters. The van der Waals surface area contributed by atoms with E-state index in [-0.39, 0.29) is 24.0 Å². The van der Waals surface area contributed by atoms with Crippen molar-refractivity contribution < 1.29 is 19.0 Å². The SMILES string of the molecule is CCNC(=NCc1ccc(C)cc1OCCCOC)NCC(O)c1ccco1.I. The highest BCUT2D eigenvalue weighted by molar-refractivity contribution is 14.0. The number of rotatable bonds is 11. The van der Waals surface area contributed by atoms with E-state index in [1.165, 1.54) is 0 Å². The van der Waals surface area contributed by atoms with E-state index in [0.717, 1.165) is 29.8 Å². The van der Waals surface area contributed by atoms with Crippen molar-refractivity contribution in [3.05, 3.63) is 53.5 Å². The van der Waals surface area contributed by atoms with Gasteiger partial charge in [-0.1, -0.05) is 12.1 Å². The number of methoxy groups -OCH3 is 1. The third-order valence-corrected chi connectivity index (χ3v) is 4.06. The lowest BCUT2D eigenvalue weighted by Gasteiger charge is -2.15. The fraction of sp³-hybridized carbons (Fsp3) is 0.476. The van der Waals surface area contributed by atoms with Gasteiger partial charge in [0.15, 0.2) is 5.96 Å². The molecule has 0 aliphatic carbocycles. The first-order valence-electron chi connectivity index (χ1n) is 9.59. The highest BCUT2D eigenvalue weighted by Crippen LogP contribution is 2.21. The van der Waals surface area contributed by atoms with Gasteiger partial charge in [-0.15, -0.1) is 24.0 Å². The summed E-state index contributed by atoms with van der Waals surface area (Å²) < 4.78 is 16.2. The first-order chi connectivity index (χ1) is 13.6. The van der Waals surface area contributed by atoms with Gasteiger partial charge in [-0.05, 0) is 37.6 Å². The van der Waals surface area contributed by atoms with Crippen molar-refractivity contribution >= 4 is 29.9 Å². The van der Waals surface area contributed by atoms with Crippen LogP contribution in [0.15, 0.2) is 46.0 Å². The normalized spacial score (nSPS) is 12.2. The van der Waals surface area contributed by atoms with Crippen LogP contribution >= 0.6 is 24.0 Å². The minimum absolute atomic E-state index is 0. The molecule has 0 saturated heterocycles. The van der Waals surface area contributed by atoms with E-state index in [0.29, 0.717) is 38.0 Å². The first-order valence-corrected chi connectivity index (χ1v) is 9.59. The average molecular weight is 517 g/mol. The molecule has 0 amide bonds. The van der Waals surface area contributed by atoms with E-state index in [2.05, 4.69) is 15.6 Å². The highest BCUT2D eigenvalue weighted by atomic mass is 127. The number of halogens is 1. The smallest absolute Gasteiger partial charge is 0.191 e. The molecule has 1 heterocycles. The minimum Gasteiger partial charge on any atom is -0.493 e. The van der Waals surface area contributed by atoms with Crippen LogP contribution in [0, 0.1) is 6.92 Å². The molecular weight excluding hydrogens is 485 g/mol. The van der Waals surface area contributed by atoms with Crippen LogP contribution in [0.3, 0.4) is 0 Å². The predicted molar refractivity (Wildman–Crippen MR) is 125 cm³/mol. The Morgan fingerprint density at radius 1 is 1.24 bits per heavy atom. The maximum atomic E-state index is 10.2. The Bertz CT molecular complexity index is 723. The van der Waals surface area contributed by atoms with Gasteiger partial charge in [0.25, 0.3) is 0 Å². The third kappa shape index (κ3) is 9.05. The van der Waals surface area contributed by atoms with Crippen molar-refractivity contribution in [3.63, 3.8) is 0 Å². The molecule has 2 rings (SSSR count). The Kier molecular flexibility index (Phi) is 12.4. The summed E-state index contributed by atoms with van der Waals surface area (Å²) in [6.07, 6.45) is 1.64. The second-order valence-electron chi connectivity index (χ2n) is 6.41. The fourth-order valence-corrected chi connectivity index (χ4v) is 2.59. The molecule has 0 aliphatic heterocycles. The van der Waals surface area contributed by atoms with Crippen molar-refractivity contribution in [2.24, 2.45) is 4.99 Å². The summed E-state index contributed by atoms with van der Waals surface area (Å²) in [7, 11) is 1.69. The molecule has 1 aromatic heterocycles. The second kappa shape index (κ2) is 14.2. The Balaban J connectivity index is 0.00000420. The Morgan fingerprint density at radius 3 is 2.76 bits per heavy atom. The van der Waals surface area contributed by atoms with Crippen LogP contribution in [0.1, 0.15) is 36.3 Å². The number of hydrogen-bond acceptors (Lipinski definition) is 5. The molecule has 29 heavy (non-hydrogen) atoms. The molecule has 162 valence electrons. The summed E-state index contributed by atoms with van der Waals surface area (Å²) in [6, 6.07) is 9.61. The summed E-state index contributed by atoms with van der Waals surface area (Å²) in [5, 5.41) is 16.5. The van der Waals surface area contributed by atoms with Crippen molar-refractivity contribution in [1.29, 1.82) is 0 Å². The standard InChI is InChI=1S/C21H31N3O4.HI/c1-4-22-21(24-15-18(25)19-7-5-11-27-19)23-14-17-9-8-16(2)13-20(17)28-12-6-10-26-3;/h5,7-9,11,13,18,25H,4,6,10,12,14-15H2,1-3H3,(H2,22,23,24);1H. The summed E-state index contributed by atoms with van der Waals surface area (Å²) in [5.41, 5.74) is 2.15. The van der Waals surface area contributed by atoms with E-state index in [1.807, 2.05) is 32.0 Å². The number of hydrogen-bond donors (Lipinski definition) is 3. The van der Waals surface area contributed by atoms with Crippen molar-refractivity contribution in [2.75, 3.05) is 33.4 Å². The van der Waals surface area contributed by atoms with Gasteiger partial charge >= 0.3 is 0 Å². The quantitative estimate of drug-likeness (QED) is 0.183. The number of furan rings is 1. The zero-order chi connectivity index (χ0) is 20.2. The van der Waals surface area contributed by atoms with Crippen LogP contribution in [0.25, 0.3) is 0 Å². The lowest BCUT2D eigenvalue weighted by molar-refractivity contribution is 0.153. The molecule has 1 aromatic carbocycles. The van der Waals surface area contributed by atoms with Crippen LogP contribution in [-0.4, -0.2) is 44.5 Å². The summed E-state index contributed by atoms with van der Waals surface area (Å²) in [5.74, 6) is 1.99. The number of aliphatic hydroxyl groups excluding tert-OH is 1. The zero-order valence-corrected chi connectivity index (χ0v) is 19.6. The minimum atomic E-state index is -0.738. The number of ether oxygens (including phenoxy) is 2. The number of benzene rings is 1. The fourth-order valence-electron chi connectivity index (χ4n) is 2.59. The summed E-state index contributed by atoms with van der Waals surface area (Å²) in [4.78, 5) is 4.62. The maximum Gasteiger partial charge on any atom is 0.191 e.